The molecule has 0 aliphatic carbocycles. The molecule has 40 heteroatoms. The van der Waals surface area contributed by atoms with Crippen molar-refractivity contribution >= 4 is 245 Å². The molecule has 8 aromatic rings. The van der Waals surface area contributed by atoms with E-state index in [0.717, 1.165) is 30.3 Å². The molecule has 8 rings (SSSR count). The zero-order valence-corrected chi connectivity index (χ0v) is 71.9. The maximum Gasteiger partial charge on any atom is 0.643 e. The van der Waals surface area contributed by atoms with Crippen molar-refractivity contribution in [1.82, 2.24) is 4.90 Å². The first-order chi connectivity index (χ1) is 47.1. The maximum atomic E-state index is 13.3. The first-order valence-corrected chi connectivity index (χ1v) is 40.5. The van der Waals surface area contributed by atoms with E-state index in [2.05, 4.69) is 138 Å². The number of nitrogens with zero attached hydrogens (tertiary/aromatic N) is 1. The zero-order chi connectivity index (χ0) is 79.8. The number of phenolic OH excluding ortho intramolecular Hbond substituents is 3. The van der Waals surface area contributed by atoms with Crippen LogP contribution in [0.1, 0.15) is 92.7 Å². The Hall–Kier alpha value is -3.90. The summed E-state index contributed by atoms with van der Waals surface area (Å²) >= 11 is 31.2. The summed E-state index contributed by atoms with van der Waals surface area (Å²) < 4.78 is 130. The van der Waals surface area contributed by atoms with Gasteiger partial charge in [-0.05, 0) is 239 Å². The third-order valence-electron chi connectivity index (χ3n) is 10.9. The quantitative estimate of drug-likeness (QED) is 0.00978. The van der Waals surface area contributed by atoms with Gasteiger partial charge in [0, 0.05) is 27.0 Å². The highest BCUT2D eigenvalue weighted by Crippen LogP contribution is 2.29. The Morgan fingerprint density at radius 1 is 0.583 bits per heavy atom. The van der Waals surface area contributed by atoms with Crippen LogP contribution in [0.2, 0.25) is 0 Å². The monoisotopic (exact) mass is 2010 g/mol. The third-order valence-corrected chi connectivity index (χ3v) is 15.1. The van der Waals surface area contributed by atoms with Gasteiger partial charge in [0.1, 0.15) is 92.4 Å². The van der Waals surface area contributed by atoms with E-state index >= 15 is 0 Å². The number of hydrogen-bond acceptors (Lipinski definition) is 17. The second kappa shape index (κ2) is 55.5. The number of rotatable bonds is 10. The van der Waals surface area contributed by atoms with Crippen molar-refractivity contribution in [1.29, 1.82) is 0 Å². The largest absolute Gasteiger partial charge is 0.643 e. The molecule has 2 heterocycles. The van der Waals surface area contributed by atoms with Gasteiger partial charge in [0.05, 0.1) is 66.6 Å². The van der Waals surface area contributed by atoms with Gasteiger partial charge in [0.15, 0.2) is 22.4 Å². The Labute approximate surface area is 676 Å². The van der Waals surface area contributed by atoms with Crippen LogP contribution in [0.3, 0.4) is 0 Å². The summed E-state index contributed by atoms with van der Waals surface area (Å²) in [5, 5.41) is 27.4. The van der Waals surface area contributed by atoms with Gasteiger partial charge in [-0.1, -0.05) is 32.4 Å². The molecule has 5 N–H and O–H groups in total. The number of alkyl halides is 2. The number of carbonyl (C=O) groups excluding carboxylic acids is 5. The second-order valence-corrected chi connectivity index (χ2v) is 32.2. The summed E-state index contributed by atoms with van der Waals surface area (Å²) in [7, 11) is 11.7. The predicted molar refractivity (Wildman–Crippen MR) is 414 cm³/mol. The lowest BCUT2D eigenvalue weighted by Gasteiger charge is -2.13. The van der Waals surface area contributed by atoms with Gasteiger partial charge < -0.3 is 38.5 Å². The van der Waals surface area contributed by atoms with E-state index in [1.165, 1.54) is 108 Å². The number of esters is 1. The van der Waals surface area contributed by atoms with E-state index in [4.69, 9.17) is 94.7 Å². The highest BCUT2D eigenvalue weighted by molar-refractivity contribution is 9.11. The number of carbonyl (C=O) groups is 5. The predicted octanol–water partition coefficient (Wildman–Crippen LogP) is 20.9. The molecule has 570 valence electrons. The smallest absolute Gasteiger partial charge is 0.508 e. The number of phenols is 3. The zero-order valence-electron chi connectivity index (χ0n) is 55.1. The number of aromatic hydroxyl groups is 3. The normalized spacial score (nSPS) is 9.82. The number of benzene rings is 6. The van der Waals surface area contributed by atoms with Crippen molar-refractivity contribution < 1.29 is 101 Å². The van der Waals surface area contributed by atoms with Crippen LogP contribution in [0.25, 0.3) is 21.9 Å². The van der Waals surface area contributed by atoms with Crippen LogP contribution in [0.5, 0.6) is 23.0 Å². The number of halogens is 19. The molecule has 19 nitrogen and oxygen atoms in total. The summed E-state index contributed by atoms with van der Waals surface area (Å²) in [6.45, 7) is 18.6. The lowest BCUT2D eigenvalue weighted by molar-refractivity contribution is -0.132. The Bertz CT molecular complexity index is 4310. The Kier molecular flexibility index (Phi) is 56.8. The van der Waals surface area contributed by atoms with E-state index in [-0.39, 0.29) is 126 Å². The van der Waals surface area contributed by atoms with Crippen molar-refractivity contribution in [3.63, 3.8) is 0 Å². The molecule has 0 aliphatic heterocycles. The molecule has 0 fully saturated rings. The van der Waals surface area contributed by atoms with Crippen LogP contribution in [0.4, 0.5) is 26.3 Å². The van der Waals surface area contributed by atoms with Crippen LogP contribution in [0.15, 0.2) is 136 Å². The van der Waals surface area contributed by atoms with Crippen LogP contribution in [-0.4, -0.2) is 110 Å². The number of Topliss-reactive ketones (excluding diaryl/α,β-unsaturated/α-hetero) is 3. The van der Waals surface area contributed by atoms with Crippen molar-refractivity contribution in [3.05, 3.63) is 201 Å². The molecule has 0 saturated heterocycles. The first-order valence-electron chi connectivity index (χ1n) is 27.7. The molecule has 0 spiro atoms. The minimum absolute atomic E-state index is 0. The fourth-order valence-electron chi connectivity index (χ4n) is 6.53. The molecule has 0 aliphatic rings. The molecule has 2 aromatic heterocycles. The van der Waals surface area contributed by atoms with Crippen molar-refractivity contribution in [2.24, 2.45) is 0 Å². The van der Waals surface area contributed by atoms with E-state index in [1.807, 2.05) is 0 Å². The van der Waals surface area contributed by atoms with Gasteiger partial charge in [0.2, 0.25) is 5.24 Å². The molecule has 0 bridgehead atoms. The Morgan fingerprint density at radius 2 is 0.951 bits per heavy atom. The van der Waals surface area contributed by atoms with Crippen LogP contribution >= 0.6 is 173 Å². The standard InChI is InChI=1S/C11H7BrClFO2.C10H8BrFO3.C10H6BrFO2.2C8H6BrFO2.C6H4BrFO.C6H15N.C2H5ClO.C2H3ClO.Al.4ClH.H2O4S/c1-5-7(4-13)11(15)6-2-9(14)8(12)3-10(6)16-5;1-5(13)2-9(14)6-3-8(12)7(11)4-10(6)15;1-5-2-9(13)6-3-8(12)7(11)4-10(6)14-5;1-4(11)5-2-7(10)6(9)3-8(5)12;1-5(11)12-6-2-3-8(10)7(9)4-6;7-5-3-4(9)1-2-6(5)8;1-4-7(5-2)6-3;1-4-2-3;1-2(3)4;;;;;;1-5(2,3)4/h2-3H,4H2,1H3;3-4,15H,2H2,1H3;2-4H,1H3;2-3,12H,1H3;2-4H,1H3;1-3,9H;4-6H2,1-3H3;2H2,1H3;1H3;;4*1H;(H2,1,2,3,4)/q;;;;;;;;;+3;;;;;/p-3. The lowest BCUT2D eigenvalue weighted by atomic mass is 10.1. The summed E-state index contributed by atoms with van der Waals surface area (Å²) in [6.07, 6.45) is -0.339. The SMILES string of the molecule is CC(=O)CC(=O)c1cc(F)c(Br)cc1O.CC(=O)Cl.CC(=O)Oc1ccc(F)c(Br)c1.CC(=O)c1cc(F)c(Br)cc1O.CCN(CC)CC.COCCl.Cc1cc(=O)c2cc(F)c(Br)cc2o1.Cc1oc2cc(Br)c(F)cc2c(=O)c1CCl.Cl.O=S(=O)(O)O.Oc1ccc(F)c(Br)c1.[Cl][Al]([Cl])[Cl]. The Balaban J connectivity index is -0.000000539. The van der Waals surface area contributed by atoms with Crippen molar-refractivity contribution in [3.8, 4) is 23.0 Å². The summed E-state index contributed by atoms with van der Waals surface area (Å²) in [4.78, 5) is 78.3. The van der Waals surface area contributed by atoms with E-state index < -0.39 is 56.8 Å². The summed E-state index contributed by atoms with van der Waals surface area (Å²) in [5.74, 6) is -3.76. The van der Waals surface area contributed by atoms with E-state index in [0.29, 0.717) is 44.5 Å². The Morgan fingerprint density at radius 3 is 1.31 bits per heavy atom. The number of fused-ring (bicyclic) bond motifs is 2. The van der Waals surface area contributed by atoms with Gasteiger partial charge in [-0.3, -0.25) is 42.7 Å². The van der Waals surface area contributed by atoms with Gasteiger partial charge >= 0.3 is 27.8 Å². The average molecular weight is 2020 g/mol. The molecule has 0 atom stereocenters. The highest BCUT2D eigenvalue weighted by Gasteiger charge is 2.17. The molecule has 6 aromatic carbocycles. The minimum Gasteiger partial charge on any atom is -0.508 e. The van der Waals surface area contributed by atoms with Crippen molar-refractivity contribution in [2.75, 3.05) is 32.8 Å². The van der Waals surface area contributed by atoms with Gasteiger partial charge in [-0.15, -0.1) is 24.0 Å². The molecular formula is C63H63AlBr6Cl7F6NO18S. The fraction of sp³-hybridized carbons (Fsp3) is 0.254. The van der Waals surface area contributed by atoms with Crippen LogP contribution < -0.4 is 15.6 Å². The van der Waals surface area contributed by atoms with E-state index in [1.54, 1.807) is 21.0 Å². The first kappa shape index (κ1) is 105. The average Bonchev–Trinajstić information content (AvgIpc) is 0.793. The summed E-state index contributed by atoms with van der Waals surface area (Å²) in [6, 6.07) is 18.8. The third kappa shape index (κ3) is 46.8. The minimum atomic E-state index is -4.67. The number of aryl methyl sites for hydroxylation is 2. The molecule has 0 unspecified atom stereocenters. The molecular weight excluding hydrogens is 1960 g/mol. The molecule has 0 saturated carbocycles. The van der Waals surface area contributed by atoms with Crippen LogP contribution in [0, 0.1) is 48.8 Å². The number of ether oxygens (including phenoxy) is 2. The number of methoxy groups -OCH3 is 1. The van der Waals surface area contributed by atoms with Gasteiger partial charge in [-0.2, -0.15) is 8.42 Å². The van der Waals surface area contributed by atoms with E-state index in [9.17, 15) is 65.0 Å². The number of ketones is 3. The molecule has 103 heavy (non-hydrogen) atoms. The molecule has 0 radical (unpaired) electrons. The second-order valence-electron chi connectivity index (χ2n) is 18.7. The highest BCUT2D eigenvalue weighted by atomic mass is 79.9. The number of hydrogen-bond donors (Lipinski definition) is 5. The lowest BCUT2D eigenvalue weighted by Crippen LogP contribution is -2.21. The van der Waals surface area contributed by atoms with Gasteiger partial charge in [0.25, 0.3) is 0 Å². The molecule has 0 amide bonds. The van der Waals surface area contributed by atoms with Gasteiger partial charge in [-0.25, -0.2) is 56.5 Å². The topological polar surface area (TPSA) is 303 Å². The maximum absolute atomic E-state index is 13.3. The van der Waals surface area contributed by atoms with Crippen molar-refractivity contribution in [2.45, 2.75) is 74.6 Å². The summed E-state index contributed by atoms with van der Waals surface area (Å²) in [5.41, 5.74) is 0.431. The van der Waals surface area contributed by atoms with Crippen LogP contribution in [-0.2, 0) is 35.4 Å². The fourth-order valence-corrected chi connectivity index (χ4v) is 8.87.